The van der Waals surface area contributed by atoms with Crippen molar-refractivity contribution in [3.05, 3.63) is 59.7 Å². The van der Waals surface area contributed by atoms with Crippen molar-refractivity contribution in [1.29, 1.82) is 0 Å². The lowest BCUT2D eigenvalue weighted by Crippen LogP contribution is -2.38. The van der Waals surface area contributed by atoms with E-state index in [1.54, 1.807) is 24.1 Å². The summed E-state index contributed by atoms with van der Waals surface area (Å²) >= 11 is 0. The van der Waals surface area contributed by atoms with Gasteiger partial charge in [-0.1, -0.05) is 24.3 Å². The van der Waals surface area contributed by atoms with Crippen LogP contribution in [0.15, 0.2) is 48.5 Å². The minimum atomic E-state index is -3.31. The van der Waals surface area contributed by atoms with E-state index in [2.05, 4.69) is 0 Å². The highest BCUT2D eigenvalue weighted by Crippen LogP contribution is 2.28. The first kappa shape index (κ1) is 17.5. The van der Waals surface area contributed by atoms with Crippen LogP contribution in [-0.2, 0) is 10.0 Å². The predicted molar refractivity (Wildman–Crippen MR) is 101 cm³/mol. The second kappa shape index (κ2) is 6.88. The molecule has 1 amide bonds. The molecule has 1 saturated heterocycles. The molecule has 2 aromatic rings. The molecule has 2 aromatic carbocycles. The fraction of sp³-hybridized carbons (Fsp3) is 0.316. The number of carbonyl (C=O) groups excluding carboxylic acids is 1. The van der Waals surface area contributed by atoms with Crippen LogP contribution in [0.2, 0.25) is 0 Å². The van der Waals surface area contributed by atoms with Crippen LogP contribution < -0.4 is 9.21 Å². The minimum Gasteiger partial charge on any atom is -0.311 e. The number of hydrogen-bond acceptors (Lipinski definition) is 3. The molecular weight excluding hydrogens is 336 g/mol. The van der Waals surface area contributed by atoms with Gasteiger partial charge < -0.3 is 4.90 Å². The maximum atomic E-state index is 12.8. The van der Waals surface area contributed by atoms with Gasteiger partial charge in [0.05, 0.1) is 11.4 Å². The van der Waals surface area contributed by atoms with E-state index in [0.29, 0.717) is 24.2 Å². The molecule has 0 spiro atoms. The van der Waals surface area contributed by atoms with Crippen molar-refractivity contribution in [1.82, 2.24) is 0 Å². The molecule has 1 aliphatic rings. The first-order valence-electron chi connectivity index (χ1n) is 8.34. The van der Waals surface area contributed by atoms with Crippen molar-refractivity contribution in [3.63, 3.8) is 0 Å². The highest BCUT2D eigenvalue weighted by Gasteiger charge is 2.28. The summed E-state index contributed by atoms with van der Waals surface area (Å²) in [7, 11) is -1.59. The summed E-state index contributed by atoms with van der Waals surface area (Å²) in [5.41, 5.74) is 2.73. The van der Waals surface area contributed by atoms with Crippen LogP contribution in [0.3, 0.4) is 0 Å². The molecule has 3 rings (SSSR count). The number of nitrogens with zero attached hydrogens (tertiary/aromatic N) is 2. The standard InChI is InChI=1S/C19H22N2O3S/c1-15-10-11-16(19(22)20(2)17-8-4-3-5-9-17)14-18(15)21-12-6-7-13-25(21,23)24/h3-5,8-11,14H,6-7,12-13H2,1-2H3. The molecule has 0 N–H and O–H groups in total. The fourth-order valence-electron chi connectivity index (χ4n) is 3.03. The van der Waals surface area contributed by atoms with E-state index in [-0.39, 0.29) is 11.7 Å². The van der Waals surface area contributed by atoms with Gasteiger partial charge in [0.2, 0.25) is 10.0 Å². The van der Waals surface area contributed by atoms with Gasteiger partial charge in [-0.3, -0.25) is 9.10 Å². The lowest BCUT2D eigenvalue weighted by molar-refractivity contribution is 0.0993. The number of benzene rings is 2. The van der Waals surface area contributed by atoms with E-state index >= 15 is 0 Å². The van der Waals surface area contributed by atoms with E-state index < -0.39 is 10.0 Å². The number of para-hydroxylation sites is 1. The van der Waals surface area contributed by atoms with Crippen LogP contribution in [0.5, 0.6) is 0 Å². The SMILES string of the molecule is Cc1ccc(C(=O)N(C)c2ccccc2)cc1N1CCCCS1(=O)=O. The molecule has 1 aliphatic heterocycles. The zero-order valence-electron chi connectivity index (χ0n) is 14.5. The molecule has 0 saturated carbocycles. The molecule has 1 fully saturated rings. The Morgan fingerprint density at radius 3 is 2.48 bits per heavy atom. The fourth-order valence-corrected chi connectivity index (χ4v) is 4.73. The van der Waals surface area contributed by atoms with E-state index in [1.807, 2.05) is 43.3 Å². The number of hydrogen-bond donors (Lipinski definition) is 0. The topological polar surface area (TPSA) is 57.7 Å². The predicted octanol–water partition coefficient (Wildman–Crippen LogP) is 3.20. The Labute approximate surface area is 148 Å². The molecule has 5 nitrogen and oxygen atoms in total. The van der Waals surface area contributed by atoms with E-state index in [4.69, 9.17) is 0 Å². The number of anilines is 2. The highest BCUT2D eigenvalue weighted by molar-refractivity contribution is 7.92. The number of amides is 1. The zero-order valence-corrected chi connectivity index (χ0v) is 15.3. The van der Waals surface area contributed by atoms with Crippen LogP contribution in [0, 0.1) is 6.92 Å². The Balaban J connectivity index is 1.95. The summed E-state index contributed by atoms with van der Waals surface area (Å²) in [6, 6.07) is 14.6. The van der Waals surface area contributed by atoms with Gasteiger partial charge in [-0.15, -0.1) is 0 Å². The summed E-state index contributed by atoms with van der Waals surface area (Å²) < 4.78 is 26.3. The molecule has 0 radical (unpaired) electrons. The van der Waals surface area contributed by atoms with Gasteiger partial charge in [-0.2, -0.15) is 0 Å². The van der Waals surface area contributed by atoms with Crippen molar-refractivity contribution in [2.75, 3.05) is 28.6 Å². The number of aryl methyl sites for hydroxylation is 1. The summed E-state index contributed by atoms with van der Waals surface area (Å²) in [6.45, 7) is 2.34. The van der Waals surface area contributed by atoms with Gasteiger partial charge in [0.15, 0.2) is 0 Å². The van der Waals surface area contributed by atoms with Gasteiger partial charge in [0.25, 0.3) is 5.91 Å². The summed E-state index contributed by atoms with van der Waals surface area (Å²) in [6.07, 6.45) is 1.52. The maximum absolute atomic E-state index is 12.8. The van der Waals surface area contributed by atoms with Gasteiger partial charge >= 0.3 is 0 Å². The molecule has 0 aliphatic carbocycles. The molecule has 6 heteroatoms. The molecule has 132 valence electrons. The van der Waals surface area contributed by atoms with Crippen molar-refractivity contribution < 1.29 is 13.2 Å². The van der Waals surface area contributed by atoms with Gasteiger partial charge in [0, 0.05) is 24.8 Å². The Bertz CT molecular complexity index is 879. The first-order chi connectivity index (χ1) is 11.9. The largest absolute Gasteiger partial charge is 0.311 e. The van der Waals surface area contributed by atoms with Gasteiger partial charge in [-0.25, -0.2) is 8.42 Å². The maximum Gasteiger partial charge on any atom is 0.258 e. The Hall–Kier alpha value is -2.34. The first-order valence-corrected chi connectivity index (χ1v) is 9.95. The molecule has 0 atom stereocenters. The summed E-state index contributed by atoms with van der Waals surface area (Å²) in [5.74, 6) is -0.00370. The number of carbonyl (C=O) groups is 1. The monoisotopic (exact) mass is 358 g/mol. The molecular formula is C19H22N2O3S. The van der Waals surface area contributed by atoms with Crippen molar-refractivity contribution in [3.8, 4) is 0 Å². The highest BCUT2D eigenvalue weighted by atomic mass is 32.2. The van der Waals surface area contributed by atoms with Gasteiger partial charge in [-0.05, 0) is 49.6 Å². The Kier molecular flexibility index (Phi) is 4.81. The average molecular weight is 358 g/mol. The van der Waals surface area contributed by atoms with E-state index in [0.717, 1.165) is 17.7 Å². The van der Waals surface area contributed by atoms with Crippen LogP contribution in [0.4, 0.5) is 11.4 Å². The van der Waals surface area contributed by atoms with E-state index in [1.165, 1.54) is 4.31 Å². The lowest BCUT2D eigenvalue weighted by atomic mass is 10.1. The van der Waals surface area contributed by atoms with E-state index in [9.17, 15) is 13.2 Å². The van der Waals surface area contributed by atoms with Crippen molar-refractivity contribution >= 4 is 27.3 Å². The lowest BCUT2D eigenvalue weighted by Gasteiger charge is -2.30. The quantitative estimate of drug-likeness (QED) is 0.847. The van der Waals surface area contributed by atoms with Crippen LogP contribution in [0.25, 0.3) is 0 Å². The van der Waals surface area contributed by atoms with Gasteiger partial charge in [0.1, 0.15) is 0 Å². The normalized spacial score (nSPS) is 16.5. The molecule has 1 heterocycles. The smallest absolute Gasteiger partial charge is 0.258 e. The van der Waals surface area contributed by atoms with Crippen LogP contribution >= 0.6 is 0 Å². The number of rotatable bonds is 3. The second-order valence-corrected chi connectivity index (χ2v) is 8.31. The summed E-state index contributed by atoms with van der Waals surface area (Å²) in [5, 5.41) is 0. The number of sulfonamides is 1. The third-order valence-corrected chi connectivity index (χ3v) is 6.38. The molecule has 0 unspecified atom stereocenters. The van der Waals surface area contributed by atoms with Crippen LogP contribution in [-0.4, -0.2) is 33.7 Å². The third-order valence-electron chi connectivity index (χ3n) is 4.52. The minimum absolute atomic E-state index is 0.161. The van der Waals surface area contributed by atoms with Crippen LogP contribution in [0.1, 0.15) is 28.8 Å². The third kappa shape index (κ3) is 3.54. The van der Waals surface area contributed by atoms with Crippen molar-refractivity contribution in [2.24, 2.45) is 0 Å². The molecule has 0 aromatic heterocycles. The zero-order chi connectivity index (χ0) is 18.0. The Morgan fingerprint density at radius 1 is 1.08 bits per heavy atom. The Morgan fingerprint density at radius 2 is 1.80 bits per heavy atom. The van der Waals surface area contributed by atoms with Crippen molar-refractivity contribution in [2.45, 2.75) is 19.8 Å². The molecule has 0 bridgehead atoms. The molecule has 25 heavy (non-hydrogen) atoms. The summed E-state index contributed by atoms with van der Waals surface area (Å²) in [4.78, 5) is 14.4. The average Bonchev–Trinajstić information content (AvgIpc) is 2.62. The second-order valence-electron chi connectivity index (χ2n) is 6.30.